The van der Waals surface area contributed by atoms with Gasteiger partial charge in [0.25, 0.3) is 0 Å². The van der Waals surface area contributed by atoms with Crippen LogP contribution in [-0.2, 0) is 9.59 Å². The van der Waals surface area contributed by atoms with Gasteiger partial charge in [-0.1, -0.05) is 23.2 Å². The van der Waals surface area contributed by atoms with Gasteiger partial charge < -0.3 is 14.9 Å². The normalized spacial score (nSPS) is 24.3. The molecule has 0 spiro atoms. The molecule has 2 atom stereocenters. The summed E-state index contributed by atoms with van der Waals surface area (Å²) in [5, 5.41) is 9.87. The summed E-state index contributed by atoms with van der Waals surface area (Å²) >= 11 is 12.0. The molecule has 0 bridgehead atoms. The summed E-state index contributed by atoms with van der Waals surface area (Å²) in [5.74, 6) is -1.12. The molecule has 1 saturated heterocycles. The minimum Gasteiger partial charge on any atom is -0.481 e. The zero-order valence-electron chi connectivity index (χ0n) is 11.7. The van der Waals surface area contributed by atoms with Crippen molar-refractivity contribution in [2.75, 3.05) is 31.1 Å². The second-order valence-corrected chi connectivity index (χ2v) is 6.40. The van der Waals surface area contributed by atoms with Crippen molar-refractivity contribution in [3.63, 3.8) is 0 Å². The molecular formula is C14H15Cl2N3O3. The number of carboxylic acid groups (broad SMARTS) is 1. The molecule has 0 aromatic carbocycles. The minimum atomic E-state index is -0.880. The third-order valence-corrected chi connectivity index (χ3v) is 4.59. The Balaban J connectivity index is 1.59. The van der Waals surface area contributed by atoms with E-state index in [-0.39, 0.29) is 11.8 Å². The summed E-state index contributed by atoms with van der Waals surface area (Å²) in [7, 11) is 0. The van der Waals surface area contributed by atoms with E-state index in [0.29, 0.717) is 48.5 Å². The van der Waals surface area contributed by atoms with Crippen LogP contribution in [0.15, 0.2) is 12.3 Å². The first-order valence-electron chi connectivity index (χ1n) is 7.05. The number of hydrogen-bond donors (Lipinski definition) is 1. The Morgan fingerprint density at radius 3 is 2.41 bits per heavy atom. The molecule has 1 aromatic heterocycles. The average molecular weight is 344 g/mol. The number of amides is 1. The Morgan fingerprint density at radius 2 is 1.86 bits per heavy atom. The maximum absolute atomic E-state index is 12.2. The van der Waals surface area contributed by atoms with Gasteiger partial charge in [0.15, 0.2) is 0 Å². The first-order chi connectivity index (χ1) is 10.5. The number of halogens is 2. The zero-order valence-corrected chi connectivity index (χ0v) is 13.2. The molecule has 2 heterocycles. The number of aliphatic carboxylic acids is 1. The lowest BCUT2D eigenvalue weighted by atomic mass is 10.2. The molecule has 1 aromatic rings. The highest BCUT2D eigenvalue weighted by Crippen LogP contribution is 2.40. The Bertz CT molecular complexity index is 617. The van der Waals surface area contributed by atoms with E-state index in [0.717, 1.165) is 0 Å². The number of anilines is 1. The van der Waals surface area contributed by atoms with Crippen molar-refractivity contribution >= 4 is 40.9 Å². The number of hydrogen-bond acceptors (Lipinski definition) is 4. The number of piperazine rings is 1. The fourth-order valence-electron chi connectivity index (χ4n) is 2.75. The van der Waals surface area contributed by atoms with Crippen LogP contribution in [0, 0.1) is 11.8 Å². The van der Waals surface area contributed by atoms with E-state index in [2.05, 4.69) is 4.98 Å². The Labute approximate surface area is 137 Å². The quantitative estimate of drug-likeness (QED) is 0.905. The van der Waals surface area contributed by atoms with E-state index in [1.807, 2.05) is 4.90 Å². The van der Waals surface area contributed by atoms with Crippen LogP contribution in [0.25, 0.3) is 0 Å². The molecule has 3 rings (SSSR count). The number of carbonyl (C=O) groups excluding carboxylic acids is 1. The summed E-state index contributed by atoms with van der Waals surface area (Å²) in [6, 6.07) is 1.64. The number of carboxylic acids is 1. The molecule has 6 nitrogen and oxygen atoms in total. The van der Waals surface area contributed by atoms with Crippen molar-refractivity contribution in [3.8, 4) is 0 Å². The van der Waals surface area contributed by atoms with E-state index in [9.17, 15) is 9.59 Å². The minimum absolute atomic E-state index is 0.0535. The summed E-state index contributed by atoms with van der Waals surface area (Å²) in [6.07, 6.45) is 2.00. The van der Waals surface area contributed by atoms with Gasteiger partial charge in [0.2, 0.25) is 5.91 Å². The van der Waals surface area contributed by atoms with Crippen molar-refractivity contribution in [3.05, 3.63) is 22.3 Å². The van der Waals surface area contributed by atoms with Crippen molar-refractivity contribution in [2.24, 2.45) is 11.8 Å². The smallest absolute Gasteiger partial charge is 0.307 e. The highest BCUT2D eigenvalue weighted by atomic mass is 35.5. The number of nitrogens with zero attached hydrogens (tertiary/aromatic N) is 3. The molecule has 2 fully saturated rings. The third-order valence-electron chi connectivity index (χ3n) is 4.10. The van der Waals surface area contributed by atoms with Gasteiger partial charge in [-0.2, -0.15) is 0 Å². The topological polar surface area (TPSA) is 73.7 Å². The number of carbonyl (C=O) groups is 2. The number of rotatable bonds is 3. The summed E-state index contributed by atoms with van der Waals surface area (Å²) in [6.45, 7) is 2.32. The monoisotopic (exact) mass is 343 g/mol. The molecule has 1 saturated carbocycles. The van der Waals surface area contributed by atoms with Crippen LogP contribution in [0.1, 0.15) is 6.42 Å². The highest BCUT2D eigenvalue weighted by Gasteiger charge is 2.50. The SMILES string of the molecule is O=C(O)[C@@H]1C[C@H]1C(=O)N1CCN(c2ncc(Cl)cc2Cl)CC1. The molecule has 1 N–H and O–H groups in total. The molecule has 1 aliphatic heterocycles. The van der Waals surface area contributed by atoms with Crippen molar-refractivity contribution in [2.45, 2.75) is 6.42 Å². The van der Waals surface area contributed by atoms with Crippen LogP contribution in [0.4, 0.5) is 5.82 Å². The number of pyridine rings is 1. The highest BCUT2D eigenvalue weighted by molar-refractivity contribution is 6.36. The van der Waals surface area contributed by atoms with Crippen molar-refractivity contribution in [1.82, 2.24) is 9.88 Å². The Hall–Kier alpha value is -1.53. The van der Waals surface area contributed by atoms with E-state index in [1.54, 1.807) is 17.2 Å². The fourth-order valence-corrected chi connectivity index (χ4v) is 3.25. The first kappa shape index (κ1) is 15.4. The van der Waals surface area contributed by atoms with E-state index in [4.69, 9.17) is 28.3 Å². The standard InChI is InChI=1S/C14H15Cl2N3O3/c15-8-5-11(16)12(17-7-8)18-1-3-19(4-2-18)13(20)9-6-10(9)14(21)22/h5,7,9-10H,1-4,6H2,(H,21,22)/t9-,10-/m1/s1. The first-order valence-corrected chi connectivity index (χ1v) is 7.80. The van der Waals surface area contributed by atoms with Gasteiger partial charge in [-0.15, -0.1) is 0 Å². The largest absolute Gasteiger partial charge is 0.481 e. The lowest BCUT2D eigenvalue weighted by Crippen LogP contribution is -2.49. The van der Waals surface area contributed by atoms with Gasteiger partial charge in [-0.25, -0.2) is 4.98 Å². The van der Waals surface area contributed by atoms with Gasteiger partial charge >= 0.3 is 5.97 Å². The zero-order chi connectivity index (χ0) is 15.9. The molecule has 1 amide bonds. The van der Waals surface area contributed by atoms with Crippen molar-refractivity contribution < 1.29 is 14.7 Å². The van der Waals surface area contributed by atoms with Gasteiger partial charge in [-0.3, -0.25) is 9.59 Å². The fraction of sp³-hybridized carbons (Fsp3) is 0.500. The predicted octanol–water partition coefficient (Wildman–Crippen LogP) is 1.76. The van der Waals surface area contributed by atoms with Gasteiger partial charge in [-0.05, 0) is 12.5 Å². The number of aromatic nitrogens is 1. The van der Waals surface area contributed by atoms with Gasteiger partial charge in [0.05, 0.1) is 21.9 Å². The Kier molecular flexibility index (Phi) is 4.14. The Morgan fingerprint density at radius 1 is 1.18 bits per heavy atom. The van der Waals surface area contributed by atoms with Gasteiger partial charge in [0.1, 0.15) is 5.82 Å². The second kappa shape index (κ2) is 5.93. The maximum atomic E-state index is 12.2. The lowest BCUT2D eigenvalue weighted by Gasteiger charge is -2.35. The second-order valence-electron chi connectivity index (χ2n) is 5.56. The van der Waals surface area contributed by atoms with Crippen LogP contribution in [-0.4, -0.2) is 53.0 Å². The van der Waals surface area contributed by atoms with Crippen LogP contribution in [0.5, 0.6) is 0 Å². The molecule has 1 aliphatic carbocycles. The van der Waals surface area contributed by atoms with Crippen LogP contribution in [0.3, 0.4) is 0 Å². The van der Waals surface area contributed by atoms with Crippen LogP contribution in [0.2, 0.25) is 10.0 Å². The summed E-state index contributed by atoms with van der Waals surface area (Å²) in [5.41, 5.74) is 0. The molecule has 22 heavy (non-hydrogen) atoms. The molecule has 118 valence electrons. The summed E-state index contributed by atoms with van der Waals surface area (Å²) in [4.78, 5) is 31.0. The molecular weight excluding hydrogens is 329 g/mol. The third kappa shape index (κ3) is 2.98. The lowest BCUT2D eigenvalue weighted by molar-refractivity contribution is -0.142. The summed E-state index contributed by atoms with van der Waals surface area (Å²) < 4.78 is 0. The van der Waals surface area contributed by atoms with Gasteiger partial charge in [0, 0.05) is 32.4 Å². The average Bonchev–Trinajstić information content (AvgIpc) is 3.27. The molecule has 0 radical (unpaired) electrons. The van der Waals surface area contributed by atoms with Crippen LogP contribution < -0.4 is 4.90 Å². The van der Waals surface area contributed by atoms with E-state index < -0.39 is 11.9 Å². The van der Waals surface area contributed by atoms with Crippen LogP contribution >= 0.6 is 23.2 Å². The molecule has 2 aliphatic rings. The van der Waals surface area contributed by atoms with Crippen molar-refractivity contribution in [1.29, 1.82) is 0 Å². The predicted molar refractivity (Wildman–Crippen MR) is 82.3 cm³/mol. The molecule has 8 heteroatoms. The van der Waals surface area contributed by atoms with E-state index >= 15 is 0 Å². The molecule has 0 unspecified atom stereocenters. The maximum Gasteiger partial charge on any atom is 0.307 e. The van der Waals surface area contributed by atoms with E-state index in [1.165, 1.54) is 0 Å².